The Balaban J connectivity index is 1.41. The number of carbonyl (C=O) groups is 3. The molecule has 0 aromatic heterocycles. The number of nitrogens with one attached hydrogen (secondary N) is 3. The zero-order valence-electron chi connectivity index (χ0n) is 20.7. The van der Waals surface area contributed by atoms with Crippen LogP contribution in [0, 0.1) is 0 Å². The average molecular weight is 489 g/mol. The van der Waals surface area contributed by atoms with Crippen molar-refractivity contribution in [3.05, 3.63) is 65.9 Å². The number of carbonyl (C=O) groups excluding carboxylic acids is 3. The topological polar surface area (TPSA) is 111 Å². The zero-order chi connectivity index (χ0) is 25.5. The first kappa shape index (κ1) is 25.2. The summed E-state index contributed by atoms with van der Waals surface area (Å²) in [6.45, 7) is 1.60. The Labute approximate surface area is 211 Å². The molecule has 0 saturated heterocycles. The summed E-state index contributed by atoms with van der Waals surface area (Å²) in [7, 11) is 1.57. The van der Waals surface area contributed by atoms with E-state index in [1.807, 2.05) is 30.3 Å². The second-order valence-electron chi connectivity index (χ2n) is 9.17. The fourth-order valence-corrected chi connectivity index (χ4v) is 4.53. The third-order valence-electron chi connectivity index (χ3n) is 6.47. The van der Waals surface area contributed by atoms with E-state index in [1.165, 1.54) is 0 Å². The number of ketones is 1. The number of rotatable bonds is 12. The fourth-order valence-electron chi connectivity index (χ4n) is 4.53. The Hall–Kier alpha value is -3.94. The van der Waals surface area contributed by atoms with Gasteiger partial charge in [-0.1, -0.05) is 43.2 Å². The summed E-state index contributed by atoms with van der Waals surface area (Å²) in [5.41, 5.74) is 3.35. The summed E-state index contributed by atoms with van der Waals surface area (Å²) >= 11 is 0. The van der Waals surface area contributed by atoms with Gasteiger partial charge >= 0.3 is 5.84 Å². The third kappa shape index (κ3) is 6.19. The quantitative estimate of drug-likeness (QED) is 0.396. The molecule has 187 valence electrons. The maximum absolute atomic E-state index is 13.1. The number of hydrogen-bond donors (Lipinski definition) is 3. The maximum atomic E-state index is 13.1. The van der Waals surface area contributed by atoms with Crippen molar-refractivity contribution in [1.29, 1.82) is 0 Å². The van der Waals surface area contributed by atoms with Crippen LogP contribution in [0.25, 0.3) is 5.70 Å². The van der Waals surface area contributed by atoms with E-state index >= 15 is 0 Å². The molecule has 8 heteroatoms. The minimum absolute atomic E-state index is 0.0269. The minimum Gasteiger partial charge on any atom is -0.497 e. The summed E-state index contributed by atoms with van der Waals surface area (Å²) in [5.74, 6) is 0.499. The van der Waals surface area contributed by atoms with E-state index in [-0.39, 0.29) is 30.1 Å². The van der Waals surface area contributed by atoms with Crippen LogP contribution < -0.4 is 25.7 Å². The largest absolute Gasteiger partial charge is 0.497 e. The lowest BCUT2D eigenvalue weighted by molar-refractivity contribution is -0.125. The van der Waals surface area contributed by atoms with Gasteiger partial charge in [0.15, 0.2) is 11.9 Å². The smallest absolute Gasteiger partial charge is 0.319 e. The van der Waals surface area contributed by atoms with Gasteiger partial charge in [-0.15, -0.1) is 0 Å². The molecule has 0 fully saturated rings. The van der Waals surface area contributed by atoms with Gasteiger partial charge in [0.05, 0.1) is 13.0 Å². The molecule has 2 aliphatic heterocycles. The predicted molar refractivity (Wildman–Crippen MR) is 139 cm³/mol. The monoisotopic (exact) mass is 488 g/mol. The highest BCUT2D eigenvalue weighted by Crippen LogP contribution is 2.37. The Morgan fingerprint density at radius 3 is 2.64 bits per heavy atom. The molecule has 2 aromatic rings. The number of unbranched alkanes of at least 4 members (excludes halogenated alkanes) is 2. The van der Waals surface area contributed by atoms with Crippen molar-refractivity contribution in [3.63, 3.8) is 0 Å². The van der Waals surface area contributed by atoms with Crippen molar-refractivity contribution in [2.45, 2.75) is 57.4 Å². The first-order chi connectivity index (χ1) is 17.4. The predicted octanol–water partition coefficient (Wildman–Crippen LogP) is 3.48. The van der Waals surface area contributed by atoms with Gasteiger partial charge in [-0.25, -0.2) is 5.32 Å². The maximum Gasteiger partial charge on any atom is 0.319 e. The van der Waals surface area contributed by atoms with Crippen LogP contribution >= 0.6 is 0 Å². The average Bonchev–Trinajstić information content (AvgIpc) is 3.48. The number of fused-ring (bicyclic) bond motifs is 1. The van der Waals surface area contributed by atoms with Gasteiger partial charge in [0.25, 0.3) is 0 Å². The van der Waals surface area contributed by atoms with Crippen LogP contribution in [0.15, 0.2) is 54.7 Å². The lowest BCUT2D eigenvalue weighted by atomic mass is 9.96. The minimum atomic E-state index is -0.581. The Kier molecular flexibility index (Phi) is 8.15. The molecular formula is C28H32N4O4+. The van der Waals surface area contributed by atoms with Crippen molar-refractivity contribution in [2.24, 2.45) is 0 Å². The number of amides is 2. The second kappa shape index (κ2) is 11.7. The van der Waals surface area contributed by atoms with Crippen LogP contribution in [-0.2, 0) is 14.4 Å². The van der Waals surface area contributed by atoms with Crippen LogP contribution in [0.2, 0.25) is 0 Å². The highest BCUT2D eigenvalue weighted by Gasteiger charge is 2.35. The molecule has 4 rings (SSSR count). The molecule has 0 saturated carbocycles. The van der Waals surface area contributed by atoms with Crippen molar-refractivity contribution in [2.75, 3.05) is 12.4 Å². The van der Waals surface area contributed by atoms with Gasteiger partial charge in [-0.05, 0) is 48.5 Å². The lowest BCUT2D eigenvalue weighted by Gasteiger charge is -2.17. The second-order valence-corrected chi connectivity index (χ2v) is 9.17. The van der Waals surface area contributed by atoms with Crippen molar-refractivity contribution in [1.82, 2.24) is 15.6 Å². The first-order valence-electron chi connectivity index (χ1n) is 12.3. The molecule has 8 nitrogen and oxygen atoms in total. The number of anilines is 1. The summed E-state index contributed by atoms with van der Waals surface area (Å²) in [6, 6.07) is 14.9. The fraction of sp³-hybridized carbons (Fsp3) is 0.357. The normalized spacial score (nSPS) is 16.8. The van der Waals surface area contributed by atoms with Crippen LogP contribution in [0.4, 0.5) is 5.69 Å². The van der Waals surface area contributed by atoms with Gasteiger partial charge in [-0.3, -0.25) is 9.59 Å². The number of nitrogens with zero attached hydrogens (tertiary/aromatic N) is 1. The molecular weight excluding hydrogens is 456 g/mol. The van der Waals surface area contributed by atoms with Gasteiger partial charge in [0.2, 0.25) is 11.8 Å². The van der Waals surface area contributed by atoms with Gasteiger partial charge in [0, 0.05) is 24.1 Å². The highest BCUT2D eigenvalue weighted by molar-refractivity contribution is 6.05. The van der Waals surface area contributed by atoms with Gasteiger partial charge in [0.1, 0.15) is 17.6 Å². The summed E-state index contributed by atoms with van der Waals surface area (Å²) in [6.07, 6.45) is 5.58. The molecule has 2 aromatic carbocycles. The lowest BCUT2D eigenvalue weighted by Crippen LogP contribution is -2.46. The van der Waals surface area contributed by atoms with Crippen LogP contribution in [0.5, 0.6) is 5.75 Å². The van der Waals surface area contributed by atoms with Gasteiger partial charge in [-0.2, -0.15) is 0 Å². The van der Waals surface area contributed by atoms with Crippen LogP contribution in [0.3, 0.4) is 0 Å². The van der Waals surface area contributed by atoms with Gasteiger partial charge < -0.3 is 20.2 Å². The number of ether oxygens (including phenoxy) is 1. The van der Waals surface area contributed by atoms with E-state index in [0.29, 0.717) is 30.1 Å². The van der Waals surface area contributed by atoms with E-state index in [1.54, 1.807) is 38.4 Å². The number of hydrogen-bond acceptors (Lipinski definition) is 6. The standard InChI is InChI=1S/C28H32N4O4/c1-18(33)9-5-3-8-12-24(27-29-17-25(31-27)19-10-6-4-7-11-19)30-26(34)16-22-21-15-20(36-2)13-14-23(21)32-28(22)35/h4,6-7,10-11,13-15,17,22,24,31H,3,5,8-9,12,16H2,1-2H3,(H,30,34)(H,32,35)/q+1/t22?,24-/m0/s1. The van der Waals surface area contributed by atoms with E-state index < -0.39 is 5.92 Å². The summed E-state index contributed by atoms with van der Waals surface area (Å²) in [5, 5.41) is 9.29. The van der Waals surface area contributed by atoms with E-state index in [2.05, 4.69) is 20.9 Å². The number of amidine groups is 1. The first-order valence-corrected chi connectivity index (χ1v) is 12.3. The Morgan fingerprint density at radius 2 is 1.89 bits per heavy atom. The molecule has 2 amide bonds. The SMILES string of the molecule is COc1ccc2c(c1)C(CC(=O)N[C@@H](CCCCCC(C)=O)C1=[N+]C=C(c3ccccc3)N1)C(=O)N2. The molecule has 1 unspecified atom stereocenters. The van der Waals surface area contributed by atoms with E-state index in [4.69, 9.17) is 4.74 Å². The molecule has 2 aliphatic rings. The summed E-state index contributed by atoms with van der Waals surface area (Å²) < 4.78 is 5.29. The zero-order valence-corrected chi connectivity index (χ0v) is 20.7. The number of benzene rings is 2. The molecule has 2 heterocycles. The van der Waals surface area contributed by atoms with E-state index in [0.717, 1.165) is 36.1 Å². The Morgan fingerprint density at radius 1 is 1.08 bits per heavy atom. The number of Topliss-reactive ketones (excluding diaryl/α,β-unsaturated/α-hetero) is 1. The molecule has 0 aliphatic carbocycles. The molecule has 0 spiro atoms. The van der Waals surface area contributed by atoms with Crippen molar-refractivity contribution >= 4 is 34.8 Å². The molecule has 0 bridgehead atoms. The van der Waals surface area contributed by atoms with Crippen molar-refractivity contribution in [3.8, 4) is 5.75 Å². The molecule has 36 heavy (non-hydrogen) atoms. The summed E-state index contributed by atoms with van der Waals surface area (Å²) in [4.78, 5) is 41.6. The number of methoxy groups -OCH3 is 1. The molecule has 1 radical (unpaired) electrons. The van der Waals surface area contributed by atoms with Crippen LogP contribution in [0.1, 0.15) is 62.5 Å². The Bertz CT molecular complexity index is 1190. The van der Waals surface area contributed by atoms with E-state index in [9.17, 15) is 14.4 Å². The van der Waals surface area contributed by atoms with Crippen molar-refractivity contribution < 1.29 is 19.1 Å². The molecule has 2 atom stereocenters. The third-order valence-corrected chi connectivity index (χ3v) is 6.47. The molecule has 3 N–H and O–H groups in total. The van der Waals surface area contributed by atoms with Crippen LogP contribution in [-0.4, -0.2) is 36.6 Å². The number of aliphatic imine (C=N–C) groups is 1. The highest BCUT2D eigenvalue weighted by atomic mass is 16.5.